The van der Waals surface area contributed by atoms with Gasteiger partial charge in [-0.1, -0.05) is 44.4 Å². The van der Waals surface area contributed by atoms with Gasteiger partial charge in [0, 0.05) is 6.04 Å². The Bertz CT molecular complexity index is 449. The van der Waals surface area contributed by atoms with Gasteiger partial charge in [-0.2, -0.15) is 0 Å². The maximum atomic E-state index is 5.54. The molecule has 2 nitrogen and oxygen atoms in total. The molecule has 1 unspecified atom stereocenters. The van der Waals surface area contributed by atoms with E-state index in [9.17, 15) is 0 Å². The molecule has 0 radical (unpaired) electrons. The Labute approximate surface area is 122 Å². The Morgan fingerprint density at radius 2 is 1.90 bits per heavy atom. The van der Waals surface area contributed by atoms with Crippen LogP contribution in [-0.4, -0.2) is 7.05 Å². The summed E-state index contributed by atoms with van der Waals surface area (Å²) in [6.07, 6.45) is 6.92. The lowest BCUT2D eigenvalue weighted by atomic mass is 9.76. The summed E-state index contributed by atoms with van der Waals surface area (Å²) in [6, 6.07) is 7.45. The van der Waals surface area contributed by atoms with Crippen LogP contribution in [0.2, 0.25) is 0 Å². The fourth-order valence-corrected chi connectivity index (χ4v) is 3.99. The van der Waals surface area contributed by atoms with Crippen molar-refractivity contribution in [3.8, 4) is 0 Å². The minimum absolute atomic E-state index is 0.513. The first-order chi connectivity index (χ1) is 9.81. The van der Waals surface area contributed by atoms with E-state index in [1.54, 1.807) is 0 Å². The molecule has 1 atom stereocenters. The third kappa shape index (κ3) is 2.77. The van der Waals surface area contributed by atoms with Crippen molar-refractivity contribution in [3.63, 3.8) is 0 Å². The maximum Gasteiger partial charge on any atom is 0.0725 e. The summed E-state index contributed by atoms with van der Waals surface area (Å²) in [5.41, 5.74) is 4.22. The lowest BCUT2D eigenvalue weighted by molar-refractivity contribution is 0.134. The van der Waals surface area contributed by atoms with Gasteiger partial charge in [0.1, 0.15) is 0 Å². The molecular formula is C18H27NO. The van der Waals surface area contributed by atoms with Gasteiger partial charge in [-0.3, -0.25) is 0 Å². The normalized spacial score (nSPS) is 27.3. The van der Waals surface area contributed by atoms with E-state index < -0.39 is 0 Å². The fourth-order valence-electron chi connectivity index (χ4n) is 3.99. The predicted octanol–water partition coefficient (Wildman–Crippen LogP) is 4.19. The first-order valence-corrected chi connectivity index (χ1v) is 8.18. The highest BCUT2D eigenvalue weighted by Gasteiger charge is 2.27. The standard InChI is InChI=1S/C18H27NO/c1-3-13-4-6-14(7-5-13)18(19-2)15-8-9-16-11-20-12-17(16)10-15/h8-10,13-14,18-19H,3-7,11-12H2,1-2H3. The summed E-state index contributed by atoms with van der Waals surface area (Å²) in [6.45, 7) is 3.92. The van der Waals surface area contributed by atoms with E-state index in [-0.39, 0.29) is 0 Å². The highest BCUT2D eigenvalue weighted by molar-refractivity contribution is 5.35. The first kappa shape index (κ1) is 14.1. The number of hydrogen-bond donors (Lipinski definition) is 1. The molecule has 2 heteroatoms. The number of hydrogen-bond acceptors (Lipinski definition) is 2. The zero-order valence-corrected chi connectivity index (χ0v) is 12.8. The maximum absolute atomic E-state index is 5.54. The van der Waals surface area contributed by atoms with E-state index in [0.29, 0.717) is 6.04 Å². The second-order valence-corrected chi connectivity index (χ2v) is 6.48. The molecule has 1 aliphatic heterocycles. The number of benzene rings is 1. The molecule has 0 bridgehead atoms. The Morgan fingerprint density at radius 3 is 2.60 bits per heavy atom. The van der Waals surface area contributed by atoms with Crippen LogP contribution in [0.4, 0.5) is 0 Å². The van der Waals surface area contributed by atoms with Crippen molar-refractivity contribution in [2.24, 2.45) is 11.8 Å². The molecule has 1 aliphatic carbocycles. The van der Waals surface area contributed by atoms with Crippen LogP contribution in [0.3, 0.4) is 0 Å². The van der Waals surface area contributed by atoms with Crippen molar-refractivity contribution >= 4 is 0 Å². The van der Waals surface area contributed by atoms with E-state index >= 15 is 0 Å². The van der Waals surface area contributed by atoms with Crippen LogP contribution in [0.5, 0.6) is 0 Å². The molecule has 1 fully saturated rings. The molecule has 1 N–H and O–H groups in total. The summed E-state index contributed by atoms with van der Waals surface area (Å²) >= 11 is 0. The molecule has 0 spiro atoms. The van der Waals surface area contributed by atoms with Crippen LogP contribution >= 0.6 is 0 Å². The molecule has 20 heavy (non-hydrogen) atoms. The van der Waals surface area contributed by atoms with Crippen LogP contribution in [0.1, 0.15) is 61.8 Å². The van der Waals surface area contributed by atoms with Gasteiger partial charge in [0.25, 0.3) is 0 Å². The van der Waals surface area contributed by atoms with Crippen LogP contribution in [-0.2, 0) is 18.0 Å². The van der Waals surface area contributed by atoms with Gasteiger partial charge in [0.2, 0.25) is 0 Å². The molecular weight excluding hydrogens is 246 g/mol. The number of ether oxygens (including phenoxy) is 1. The summed E-state index contributed by atoms with van der Waals surface area (Å²) < 4.78 is 5.54. The molecule has 1 aromatic carbocycles. The van der Waals surface area contributed by atoms with Crippen molar-refractivity contribution in [2.45, 2.75) is 58.3 Å². The highest BCUT2D eigenvalue weighted by atomic mass is 16.5. The van der Waals surface area contributed by atoms with Gasteiger partial charge in [0.15, 0.2) is 0 Å². The Kier molecular flexibility index (Phi) is 4.42. The SMILES string of the molecule is CCC1CCC(C(NC)c2ccc3c(c2)COC3)CC1. The van der Waals surface area contributed by atoms with Crippen LogP contribution in [0.25, 0.3) is 0 Å². The molecule has 0 amide bonds. The molecule has 1 aromatic rings. The van der Waals surface area contributed by atoms with Crippen molar-refractivity contribution in [1.29, 1.82) is 0 Å². The van der Waals surface area contributed by atoms with Crippen LogP contribution in [0, 0.1) is 11.8 Å². The average Bonchev–Trinajstić information content (AvgIpc) is 2.96. The second-order valence-electron chi connectivity index (χ2n) is 6.48. The summed E-state index contributed by atoms with van der Waals surface area (Å²) in [5.74, 6) is 1.76. The molecule has 0 aromatic heterocycles. The quantitative estimate of drug-likeness (QED) is 0.888. The zero-order valence-electron chi connectivity index (χ0n) is 12.8. The fraction of sp³-hybridized carbons (Fsp3) is 0.667. The Morgan fingerprint density at radius 1 is 1.15 bits per heavy atom. The summed E-state index contributed by atoms with van der Waals surface area (Å²) in [4.78, 5) is 0. The average molecular weight is 273 g/mol. The van der Waals surface area contributed by atoms with E-state index in [0.717, 1.165) is 25.0 Å². The van der Waals surface area contributed by atoms with Crippen LogP contribution in [0.15, 0.2) is 18.2 Å². The molecule has 1 saturated carbocycles. The van der Waals surface area contributed by atoms with E-state index in [2.05, 4.69) is 37.5 Å². The van der Waals surface area contributed by atoms with Crippen molar-refractivity contribution in [3.05, 3.63) is 34.9 Å². The van der Waals surface area contributed by atoms with E-state index in [1.165, 1.54) is 48.8 Å². The smallest absolute Gasteiger partial charge is 0.0725 e. The van der Waals surface area contributed by atoms with Gasteiger partial charge in [-0.05, 0) is 48.4 Å². The minimum Gasteiger partial charge on any atom is -0.372 e. The van der Waals surface area contributed by atoms with Gasteiger partial charge in [0.05, 0.1) is 13.2 Å². The molecule has 110 valence electrons. The monoisotopic (exact) mass is 273 g/mol. The third-order valence-corrected chi connectivity index (χ3v) is 5.36. The second kappa shape index (κ2) is 6.28. The third-order valence-electron chi connectivity index (χ3n) is 5.36. The molecule has 2 aliphatic rings. The minimum atomic E-state index is 0.513. The lowest BCUT2D eigenvalue weighted by Gasteiger charge is -2.34. The number of nitrogens with one attached hydrogen (secondary N) is 1. The lowest BCUT2D eigenvalue weighted by Crippen LogP contribution is -2.28. The highest BCUT2D eigenvalue weighted by Crippen LogP contribution is 2.38. The molecule has 3 rings (SSSR count). The van der Waals surface area contributed by atoms with Crippen molar-refractivity contribution < 1.29 is 4.74 Å². The van der Waals surface area contributed by atoms with Crippen molar-refractivity contribution in [1.82, 2.24) is 5.32 Å². The Balaban J connectivity index is 1.73. The van der Waals surface area contributed by atoms with E-state index in [1.807, 2.05) is 0 Å². The number of fused-ring (bicyclic) bond motifs is 1. The van der Waals surface area contributed by atoms with Gasteiger partial charge >= 0.3 is 0 Å². The first-order valence-electron chi connectivity index (χ1n) is 8.18. The predicted molar refractivity (Wildman–Crippen MR) is 82.5 cm³/mol. The van der Waals surface area contributed by atoms with Crippen LogP contribution < -0.4 is 5.32 Å². The molecule has 0 saturated heterocycles. The van der Waals surface area contributed by atoms with Gasteiger partial charge in [-0.15, -0.1) is 0 Å². The number of rotatable bonds is 4. The van der Waals surface area contributed by atoms with Crippen molar-refractivity contribution in [2.75, 3.05) is 7.05 Å². The molecule has 1 heterocycles. The topological polar surface area (TPSA) is 21.3 Å². The largest absolute Gasteiger partial charge is 0.372 e. The zero-order chi connectivity index (χ0) is 13.9. The van der Waals surface area contributed by atoms with E-state index in [4.69, 9.17) is 4.74 Å². The van der Waals surface area contributed by atoms with Gasteiger partial charge < -0.3 is 10.1 Å². The summed E-state index contributed by atoms with van der Waals surface area (Å²) in [5, 5.41) is 3.57. The van der Waals surface area contributed by atoms with Gasteiger partial charge in [-0.25, -0.2) is 0 Å². The summed E-state index contributed by atoms with van der Waals surface area (Å²) in [7, 11) is 2.11. The Hall–Kier alpha value is -0.860.